The Hall–Kier alpha value is -0.310. The van der Waals surface area contributed by atoms with Gasteiger partial charge in [-0.05, 0) is 13.8 Å². The zero-order valence-electron chi connectivity index (χ0n) is 4.96. The molecule has 2 nitrogen and oxygen atoms in total. The van der Waals surface area contributed by atoms with Crippen LogP contribution < -0.4 is 0 Å². The maximum Gasteiger partial charge on any atom is 0.0863 e. The maximum atomic E-state index is 4.12. The van der Waals surface area contributed by atoms with Gasteiger partial charge < -0.3 is 0 Å². The van der Waals surface area contributed by atoms with Crippen molar-refractivity contribution in [2.24, 2.45) is 9.39 Å². The number of hydrogen-bond acceptors (Lipinski definition) is 3. The summed E-state index contributed by atoms with van der Waals surface area (Å²) in [6.07, 6.45) is 0. The minimum absolute atomic E-state index is 0.302. The molecule has 0 radical (unpaired) electrons. The van der Waals surface area contributed by atoms with Gasteiger partial charge in [-0.1, -0.05) is 0 Å². The van der Waals surface area contributed by atoms with E-state index in [-0.39, 0.29) is 0 Å². The molecule has 0 aromatic heterocycles. The highest BCUT2D eigenvalue weighted by atomic mass is 32.2. The fourth-order valence-corrected chi connectivity index (χ4v) is 1.01. The van der Waals surface area contributed by atoms with Crippen LogP contribution in [0.2, 0.25) is 0 Å². The van der Waals surface area contributed by atoms with Crippen LogP contribution in [0.3, 0.4) is 0 Å². The van der Waals surface area contributed by atoms with Crippen molar-refractivity contribution in [3.05, 3.63) is 0 Å². The molecular weight excluding hydrogens is 120 g/mol. The second-order valence-corrected chi connectivity index (χ2v) is 2.37. The van der Waals surface area contributed by atoms with Crippen LogP contribution in [0.25, 0.3) is 0 Å². The molecule has 1 rings (SSSR count). The zero-order valence-corrected chi connectivity index (χ0v) is 5.77. The number of rotatable bonds is 0. The van der Waals surface area contributed by atoms with Gasteiger partial charge in [0.1, 0.15) is 0 Å². The van der Waals surface area contributed by atoms with E-state index in [0.717, 1.165) is 5.71 Å². The Morgan fingerprint density at radius 2 is 2.50 bits per heavy atom. The molecule has 0 aromatic rings. The van der Waals surface area contributed by atoms with Crippen LogP contribution in [0, 0.1) is 0 Å². The number of aliphatic imine (C=N–C) groups is 1. The van der Waals surface area contributed by atoms with Crippen LogP contribution in [0.4, 0.5) is 0 Å². The second-order valence-electron chi connectivity index (χ2n) is 1.77. The predicted molar refractivity (Wildman–Crippen MR) is 38.7 cm³/mol. The summed E-state index contributed by atoms with van der Waals surface area (Å²) >= 11 is 1.40. The Morgan fingerprint density at radius 1 is 1.75 bits per heavy atom. The molecule has 1 heterocycles. The lowest BCUT2D eigenvalue weighted by molar-refractivity contribution is 0.978. The molecule has 8 heavy (non-hydrogen) atoms. The Kier molecular flexibility index (Phi) is 1.68. The van der Waals surface area contributed by atoms with Gasteiger partial charge in [-0.15, -0.1) is 0 Å². The van der Waals surface area contributed by atoms with E-state index in [1.165, 1.54) is 11.9 Å². The van der Waals surface area contributed by atoms with Crippen LogP contribution in [0.1, 0.15) is 13.8 Å². The van der Waals surface area contributed by atoms with Crippen molar-refractivity contribution in [2.75, 3.05) is 0 Å². The van der Waals surface area contributed by atoms with Crippen molar-refractivity contribution in [2.45, 2.75) is 19.9 Å². The van der Waals surface area contributed by atoms with Crippen LogP contribution in [-0.4, -0.2) is 17.3 Å². The topological polar surface area (TPSA) is 24.7 Å². The first-order chi connectivity index (χ1) is 3.80. The molecule has 0 saturated heterocycles. The lowest BCUT2D eigenvalue weighted by atomic mass is 10.2. The standard InChI is InChI=1S/C5H8N2S/c1-4-5(2)7-8-3-6-4/h3-4H,1-2H3. The summed E-state index contributed by atoms with van der Waals surface area (Å²) in [6, 6.07) is 0.302. The summed E-state index contributed by atoms with van der Waals surface area (Å²) < 4.78 is 4.09. The highest BCUT2D eigenvalue weighted by molar-refractivity contribution is 8.11. The Bertz CT molecular complexity index is 139. The van der Waals surface area contributed by atoms with E-state index in [4.69, 9.17) is 0 Å². The molecule has 1 unspecified atom stereocenters. The Morgan fingerprint density at radius 3 is 2.88 bits per heavy atom. The van der Waals surface area contributed by atoms with E-state index in [2.05, 4.69) is 9.39 Å². The smallest absolute Gasteiger partial charge is 0.0863 e. The maximum absolute atomic E-state index is 4.12. The van der Waals surface area contributed by atoms with Crippen molar-refractivity contribution < 1.29 is 0 Å². The highest BCUT2D eigenvalue weighted by Gasteiger charge is 2.04. The molecule has 0 spiro atoms. The minimum Gasteiger partial charge on any atom is -0.275 e. The molecule has 1 aliphatic rings. The normalized spacial score (nSPS) is 27.8. The van der Waals surface area contributed by atoms with Crippen LogP contribution in [-0.2, 0) is 0 Å². The van der Waals surface area contributed by atoms with Crippen molar-refractivity contribution in [3.8, 4) is 0 Å². The van der Waals surface area contributed by atoms with E-state index in [9.17, 15) is 0 Å². The predicted octanol–water partition coefficient (Wildman–Crippen LogP) is 1.53. The van der Waals surface area contributed by atoms with E-state index in [1.807, 2.05) is 13.8 Å². The van der Waals surface area contributed by atoms with Crippen molar-refractivity contribution in [3.63, 3.8) is 0 Å². The molecule has 0 amide bonds. The zero-order chi connectivity index (χ0) is 5.98. The van der Waals surface area contributed by atoms with Crippen LogP contribution >= 0.6 is 11.9 Å². The second kappa shape index (κ2) is 2.31. The van der Waals surface area contributed by atoms with Gasteiger partial charge >= 0.3 is 0 Å². The summed E-state index contributed by atoms with van der Waals surface area (Å²) in [5, 5.41) is 0. The molecule has 1 aliphatic heterocycles. The average molecular weight is 128 g/mol. The monoisotopic (exact) mass is 128 g/mol. The van der Waals surface area contributed by atoms with Gasteiger partial charge in [0.25, 0.3) is 0 Å². The van der Waals surface area contributed by atoms with Crippen molar-refractivity contribution in [1.29, 1.82) is 0 Å². The third kappa shape index (κ3) is 1.10. The fourth-order valence-electron chi connectivity index (χ4n) is 0.409. The van der Waals surface area contributed by atoms with Gasteiger partial charge in [-0.3, -0.25) is 4.99 Å². The summed E-state index contributed by atoms with van der Waals surface area (Å²) in [7, 11) is 0. The van der Waals surface area contributed by atoms with E-state index in [0.29, 0.717) is 6.04 Å². The third-order valence-corrected chi connectivity index (χ3v) is 1.74. The lowest BCUT2D eigenvalue weighted by Gasteiger charge is -2.06. The summed E-state index contributed by atoms with van der Waals surface area (Å²) in [6.45, 7) is 4.03. The summed E-state index contributed by atoms with van der Waals surface area (Å²) in [5.41, 5.74) is 2.88. The lowest BCUT2D eigenvalue weighted by Crippen LogP contribution is -2.11. The molecule has 0 saturated carbocycles. The average Bonchev–Trinajstić information content (AvgIpc) is 1.77. The fraction of sp³-hybridized carbons (Fsp3) is 0.600. The van der Waals surface area contributed by atoms with Gasteiger partial charge in [0, 0.05) is 17.7 Å². The van der Waals surface area contributed by atoms with Gasteiger partial charge in [0.05, 0.1) is 11.6 Å². The van der Waals surface area contributed by atoms with Crippen LogP contribution in [0.5, 0.6) is 0 Å². The molecule has 44 valence electrons. The van der Waals surface area contributed by atoms with Gasteiger partial charge in [-0.25, -0.2) is 4.40 Å². The Balaban J connectivity index is 2.63. The first kappa shape index (κ1) is 5.82. The highest BCUT2D eigenvalue weighted by Crippen LogP contribution is 2.08. The minimum atomic E-state index is 0.302. The molecule has 0 aromatic carbocycles. The molecule has 1 atom stereocenters. The van der Waals surface area contributed by atoms with Gasteiger partial charge in [0.15, 0.2) is 0 Å². The molecule has 0 aliphatic carbocycles. The van der Waals surface area contributed by atoms with E-state index < -0.39 is 0 Å². The van der Waals surface area contributed by atoms with Crippen LogP contribution in [0.15, 0.2) is 9.39 Å². The number of hydrogen-bond donors (Lipinski definition) is 0. The SMILES string of the molecule is CC1=NSC=NC1C. The van der Waals surface area contributed by atoms with E-state index in [1.54, 1.807) is 5.55 Å². The van der Waals surface area contributed by atoms with Gasteiger partial charge in [0.2, 0.25) is 0 Å². The van der Waals surface area contributed by atoms with Crippen molar-refractivity contribution >= 4 is 23.2 Å². The molecular formula is C5H8N2S. The Labute approximate surface area is 53.2 Å². The van der Waals surface area contributed by atoms with Gasteiger partial charge in [-0.2, -0.15) is 0 Å². The van der Waals surface area contributed by atoms with E-state index >= 15 is 0 Å². The summed E-state index contributed by atoms with van der Waals surface area (Å²) in [4.78, 5) is 4.12. The summed E-state index contributed by atoms with van der Waals surface area (Å²) in [5.74, 6) is 0. The number of nitrogens with zero attached hydrogens (tertiary/aromatic N) is 2. The third-order valence-electron chi connectivity index (χ3n) is 1.13. The quantitative estimate of drug-likeness (QED) is 0.454. The molecule has 0 bridgehead atoms. The van der Waals surface area contributed by atoms with Crippen molar-refractivity contribution in [1.82, 2.24) is 0 Å². The first-order valence-corrected chi connectivity index (χ1v) is 3.36. The largest absolute Gasteiger partial charge is 0.275 e. The molecule has 3 heteroatoms. The first-order valence-electron chi connectivity index (χ1n) is 2.52. The molecule has 0 N–H and O–H groups in total. The molecule has 0 fully saturated rings.